The Morgan fingerprint density at radius 3 is 2.92 bits per heavy atom. The number of benzene rings is 1. The number of hydrogen-bond acceptors (Lipinski definition) is 4. The largest absolute Gasteiger partial charge is 0.314 e. The number of nitrogens with one attached hydrogen (secondary N) is 2. The number of anilines is 1. The number of rotatable bonds is 4. The summed E-state index contributed by atoms with van der Waals surface area (Å²) in [5.74, 6) is 0.140. The zero-order valence-electron chi connectivity index (χ0n) is 14.2. The highest BCUT2D eigenvalue weighted by molar-refractivity contribution is 7.89. The van der Waals surface area contributed by atoms with E-state index >= 15 is 0 Å². The SMILES string of the molecule is CCNS(=O)(=O)c1ccc2c(c1)N(C(=O)[C@H]1CCN[C@@H](C)C1)CC2. The molecule has 2 aliphatic rings. The number of piperidine rings is 1. The Hall–Kier alpha value is -1.44. The fourth-order valence-corrected chi connectivity index (χ4v) is 4.67. The van der Waals surface area contributed by atoms with E-state index in [1.807, 2.05) is 6.07 Å². The van der Waals surface area contributed by atoms with Gasteiger partial charge < -0.3 is 10.2 Å². The van der Waals surface area contributed by atoms with Crippen LogP contribution in [0.5, 0.6) is 0 Å². The molecule has 2 N–H and O–H groups in total. The number of nitrogens with zero attached hydrogens (tertiary/aromatic N) is 1. The molecule has 0 radical (unpaired) electrons. The van der Waals surface area contributed by atoms with E-state index in [1.165, 1.54) is 0 Å². The first-order valence-electron chi connectivity index (χ1n) is 8.59. The quantitative estimate of drug-likeness (QED) is 0.856. The van der Waals surface area contributed by atoms with Crippen molar-refractivity contribution in [1.82, 2.24) is 10.0 Å². The zero-order valence-corrected chi connectivity index (χ0v) is 15.0. The van der Waals surface area contributed by atoms with Crippen molar-refractivity contribution in [2.75, 3.05) is 24.5 Å². The van der Waals surface area contributed by atoms with Gasteiger partial charge in [-0.15, -0.1) is 0 Å². The molecule has 0 bridgehead atoms. The van der Waals surface area contributed by atoms with Crippen molar-refractivity contribution in [3.05, 3.63) is 23.8 Å². The Morgan fingerprint density at radius 2 is 2.21 bits per heavy atom. The van der Waals surface area contributed by atoms with Crippen LogP contribution in [0.4, 0.5) is 5.69 Å². The summed E-state index contributed by atoms with van der Waals surface area (Å²) < 4.78 is 27.0. The molecule has 1 saturated heterocycles. The number of carbonyl (C=O) groups is 1. The number of carbonyl (C=O) groups excluding carboxylic acids is 1. The van der Waals surface area contributed by atoms with Gasteiger partial charge in [0.25, 0.3) is 0 Å². The van der Waals surface area contributed by atoms with E-state index in [2.05, 4.69) is 17.0 Å². The second-order valence-corrected chi connectivity index (χ2v) is 8.38. The number of amides is 1. The van der Waals surface area contributed by atoms with Crippen LogP contribution in [0.1, 0.15) is 32.3 Å². The minimum Gasteiger partial charge on any atom is -0.314 e. The van der Waals surface area contributed by atoms with Gasteiger partial charge in [-0.3, -0.25) is 4.79 Å². The summed E-state index contributed by atoms with van der Waals surface area (Å²) in [4.78, 5) is 14.9. The summed E-state index contributed by atoms with van der Waals surface area (Å²) in [6.07, 6.45) is 2.45. The van der Waals surface area contributed by atoms with Crippen LogP contribution in [0.25, 0.3) is 0 Å². The highest BCUT2D eigenvalue weighted by atomic mass is 32.2. The molecule has 2 atom stereocenters. The topological polar surface area (TPSA) is 78.5 Å². The van der Waals surface area contributed by atoms with Crippen LogP contribution in [0.2, 0.25) is 0 Å². The second kappa shape index (κ2) is 6.82. The predicted octanol–water partition coefficient (Wildman–Crippen LogP) is 1.26. The number of fused-ring (bicyclic) bond motifs is 1. The Morgan fingerprint density at radius 1 is 1.42 bits per heavy atom. The van der Waals surface area contributed by atoms with Crippen molar-refractivity contribution in [2.24, 2.45) is 5.92 Å². The van der Waals surface area contributed by atoms with Crippen LogP contribution < -0.4 is 14.9 Å². The van der Waals surface area contributed by atoms with Gasteiger partial charge in [-0.2, -0.15) is 0 Å². The molecule has 0 aliphatic carbocycles. The smallest absolute Gasteiger partial charge is 0.240 e. The first-order valence-corrected chi connectivity index (χ1v) is 10.1. The van der Waals surface area contributed by atoms with E-state index in [1.54, 1.807) is 24.0 Å². The van der Waals surface area contributed by atoms with Gasteiger partial charge in [0.15, 0.2) is 0 Å². The lowest BCUT2D eigenvalue weighted by Gasteiger charge is -2.30. The minimum atomic E-state index is -3.51. The standard InChI is InChI=1S/C17H25N3O3S/c1-3-19-24(22,23)15-5-4-13-7-9-20(16(13)11-15)17(21)14-6-8-18-12(2)10-14/h4-5,11-12,14,18-19H,3,6-10H2,1-2H3/t12-,14-/m0/s1. The maximum absolute atomic E-state index is 12.9. The van der Waals surface area contributed by atoms with Gasteiger partial charge in [0, 0.05) is 30.7 Å². The molecule has 1 aromatic rings. The van der Waals surface area contributed by atoms with Gasteiger partial charge >= 0.3 is 0 Å². The van der Waals surface area contributed by atoms with Gasteiger partial charge in [-0.05, 0) is 50.4 Å². The zero-order chi connectivity index (χ0) is 17.3. The average molecular weight is 351 g/mol. The average Bonchev–Trinajstić information content (AvgIpc) is 2.97. The molecule has 6 nitrogen and oxygen atoms in total. The Balaban J connectivity index is 1.86. The summed E-state index contributed by atoms with van der Waals surface area (Å²) in [7, 11) is -3.51. The van der Waals surface area contributed by atoms with Crippen molar-refractivity contribution in [3.63, 3.8) is 0 Å². The van der Waals surface area contributed by atoms with Crippen LogP contribution in [-0.2, 0) is 21.2 Å². The minimum absolute atomic E-state index is 0.0150. The van der Waals surface area contributed by atoms with Crippen LogP contribution >= 0.6 is 0 Å². The van der Waals surface area contributed by atoms with Gasteiger partial charge in [-0.25, -0.2) is 13.1 Å². The molecule has 1 amide bonds. The van der Waals surface area contributed by atoms with Gasteiger partial charge in [0.2, 0.25) is 15.9 Å². The molecule has 7 heteroatoms. The predicted molar refractivity (Wildman–Crippen MR) is 93.6 cm³/mol. The van der Waals surface area contributed by atoms with E-state index in [0.29, 0.717) is 19.1 Å². The van der Waals surface area contributed by atoms with Crippen molar-refractivity contribution >= 4 is 21.6 Å². The molecule has 1 aromatic carbocycles. The van der Waals surface area contributed by atoms with Crippen molar-refractivity contribution < 1.29 is 13.2 Å². The molecule has 2 heterocycles. The number of sulfonamides is 1. The van der Waals surface area contributed by atoms with Crippen LogP contribution in [0.3, 0.4) is 0 Å². The van der Waals surface area contributed by atoms with E-state index in [0.717, 1.165) is 37.1 Å². The monoisotopic (exact) mass is 351 g/mol. The summed E-state index contributed by atoms with van der Waals surface area (Å²) in [6, 6.07) is 5.44. The molecule has 0 saturated carbocycles. The van der Waals surface area contributed by atoms with Gasteiger partial charge in [0.1, 0.15) is 0 Å². The lowest BCUT2D eigenvalue weighted by atomic mass is 9.92. The summed E-state index contributed by atoms with van der Waals surface area (Å²) in [5, 5.41) is 3.36. The Labute approximate surface area is 143 Å². The van der Waals surface area contributed by atoms with E-state index in [9.17, 15) is 13.2 Å². The molecular weight excluding hydrogens is 326 g/mol. The molecule has 0 spiro atoms. The summed E-state index contributed by atoms with van der Waals surface area (Å²) in [6.45, 7) is 5.68. The van der Waals surface area contributed by atoms with Crippen molar-refractivity contribution in [2.45, 2.75) is 44.0 Å². The van der Waals surface area contributed by atoms with Gasteiger partial charge in [0.05, 0.1) is 4.90 Å². The van der Waals surface area contributed by atoms with E-state index in [4.69, 9.17) is 0 Å². The van der Waals surface area contributed by atoms with Gasteiger partial charge in [-0.1, -0.05) is 13.0 Å². The fourth-order valence-electron chi connectivity index (χ4n) is 3.61. The van der Waals surface area contributed by atoms with E-state index < -0.39 is 10.0 Å². The molecule has 24 heavy (non-hydrogen) atoms. The lowest BCUT2D eigenvalue weighted by Crippen LogP contribution is -2.43. The normalized spacial score (nSPS) is 24.0. The van der Waals surface area contributed by atoms with Crippen molar-refractivity contribution in [1.29, 1.82) is 0 Å². The van der Waals surface area contributed by atoms with Crippen LogP contribution in [-0.4, -0.2) is 40.0 Å². The highest BCUT2D eigenvalue weighted by Gasteiger charge is 2.33. The molecule has 2 aliphatic heterocycles. The number of hydrogen-bond donors (Lipinski definition) is 2. The molecular formula is C17H25N3O3S. The summed E-state index contributed by atoms with van der Waals surface area (Å²) in [5.41, 5.74) is 1.80. The maximum Gasteiger partial charge on any atom is 0.240 e. The third-order valence-electron chi connectivity index (χ3n) is 4.84. The third kappa shape index (κ3) is 3.34. The van der Waals surface area contributed by atoms with E-state index in [-0.39, 0.29) is 16.7 Å². The molecule has 0 unspecified atom stereocenters. The Kier molecular flexibility index (Phi) is 4.94. The molecule has 3 rings (SSSR count). The second-order valence-electron chi connectivity index (χ2n) is 6.61. The van der Waals surface area contributed by atoms with Crippen LogP contribution in [0, 0.1) is 5.92 Å². The van der Waals surface area contributed by atoms with Crippen molar-refractivity contribution in [3.8, 4) is 0 Å². The molecule has 0 aromatic heterocycles. The molecule has 1 fully saturated rings. The maximum atomic E-state index is 12.9. The summed E-state index contributed by atoms with van der Waals surface area (Å²) >= 11 is 0. The third-order valence-corrected chi connectivity index (χ3v) is 6.38. The van der Waals surface area contributed by atoms with Crippen LogP contribution in [0.15, 0.2) is 23.1 Å². The molecule has 132 valence electrons. The Bertz CT molecular complexity index is 733. The fraction of sp³-hybridized carbons (Fsp3) is 0.588. The first-order chi connectivity index (χ1) is 11.4. The highest BCUT2D eigenvalue weighted by Crippen LogP contribution is 2.33. The lowest BCUT2D eigenvalue weighted by molar-refractivity contribution is -0.123. The first kappa shape index (κ1) is 17.4.